The van der Waals surface area contributed by atoms with Crippen LogP contribution in [0.4, 0.5) is 0 Å². The zero-order valence-electron chi connectivity index (χ0n) is 11.9. The van der Waals surface area contributed by atoms with Crippen molar-refractivity contribution < 1.29 is 9.90 Å². The number of hydrogen-bond acceptors (Lipinski definition) is 2. The highest BCUT2D eigenvalue weighted by Gasteiger charge is 2.24. The van der Waals surface area contributed by atoms with Crippen molar-refractivity contribution in [2.75, 3.05) is 13.2 Å². The Morgan fingerprint density at radius 3 is 2.62 bits per heavy atom. The first-order valence-corrected chi connectivity index (χ1v) is 8.17. The van der Waals surface area contributed by atoms with Gasteiger partial charge in [0.1, 0.15) is 0 Å². The first kappa shape index (κ1) is 16.6. The summed E-state index contributed by atoms with van der Waals surface area (Å²) in [5.74, 6) is 0.660. The SMILES string of the molecule is O=C(Cc1ccc(Cl)cc1Cl)NCC1CCCCC1CO. The minimum absolute atomic E-state index is 0.0403. The normalized spacial score (nSPS) is 22.0. The van der Waals surface area contributed by atoms with E-state index in [-0.39, 0.29) is 18.9 Å². The van der Waals surface area contributed by atoms with E-state index in [0.717, 1.165) is 18.4 Å². The third-order valence-corrected chi connectivity index (χ3v) is 4.82. The first-order chi connectivity index (χ1) is 10.1. The number of carbonyl (C=O) groups is 1. The smallest absolute Gasteiger partial charge is 0.224 e. The lowest BCUT2D eigenvalue weighted by atomic mass is 9.79. The molecule has 21 heavy (non-hydrogen) atoms. The van der Waals surface area contributed by atoms with Crippen LogP contribution in [-0.4, -0.2) is 24.2 Å². The van der Waals surface area contributed by atoms with Crippen LogP contribution in [-0.2, 0) is 11.2 Å². The molecule has 0 aliphatic heterocycles. The van der Waals surface area contributed by atoms with Crippen LogP contribution in [0.2, 0.25) is 10.0 Å². The molecule has 2 atom stereocenters. The largest absolute Gasteiger partial charge is 0.396 e. The number of rotatable bonds is 5. The zero-order valence-corrected chi connectivity index (χ0v) is 13.5. The van der Waals surface area contributed by atoms with Crippen molar-refractivity contribution in [2.45, 2.75) is 32.1 Å². The molecule has 0 spiro atoms. The Morgan fingerprint density at radius 2 is 1.95 bits per heavy atom. The van der Waals surface area contributed by atoms with Gasteiger partial charge in [0.15, 0.2) is 0 Å². The zero-order chi connectivity index (χ0) is 15.2. The van der Waals surface area contributed by atoms with Crippen molar-refractivity contribution >= 4 is 29.1 Å². The van der Waals surface area contributed by atoms with Crippen LogP contribution in [0.5, 0.6) is 0 Å². The van der Waals surface area contributed by atoms with Gasteiger partial charge in [0.2, 0.25) is 5.91 Å². The fourth-order valence-electron chi connectivity index (χ4n) is 2.94. The molecular weight excluding hydrogens is 309 g/mol. The molecule has 1 fully saturated rings. The maximum atomic E-state index is 12.0. The molecule has 2 unspecified atom stereocenters. The van der Waals surface area contributed by atoms with E-state index in [9.17, 15) is 9.90 Å². The molecule has 116 valence electrons. The Morgan fingerprint density at radius 1 is 1.24 bits per heavy atom. The van der Waals surface area contributed by atoms with E-state index in [2.05, 4.69) is 5.32 Å². The van der Waals surface area contributed by atoms with E-state index in [1.807, 2.05) is 0 Å². The molecule has 0 heterocycles. The molecule has 1 saturated carbocycles. The molecule has 3 nitrogen and oxygen atoms in total. The summed E-state index contributed by atoms with van der Waals surface area (Å²) in [4.78, 5) is 12.0. The molecule has 1 amide bonds. The van der Waals surface area contributed by atoms with Crippen molar-refractivity contribution in [3.05, 3.63) is 33.8 Å². The molecule has 1 aromatic carbocycles. The van der Waals surface area contributed by atoms with Gasteiger partial charge < -0.3 is 10.4 Å². The van der Waals surface area contributed by atoms with Gasteiger partial charge in [0, 0.05) is 23.2 Å². The van der Waals surface area contributed by atoms with Gasteiger partial charge in [-0.25, -0.2) is 0 Å². The van der Waals surface area contributed by atoms with Crippen molar-refractivity contribution in [1.29, 1.82) is 0 Å². The van der Waals surface area contributed by atoms with Crippen LogP contribution < -0.4 is 5.32 Å². The number of amides is 1. The number of aliphatic hydroxyl groups is 1. The summed E-state index contributed by atoms with van der Waals surface area (Å²) in [6, 6.07) is 5.16. The summed E-state index contributed by atoms with van der Waals surface area (Å²) in [7, 11) is 0. The van der Waals surface area contributed by atoms with Gasteiger partial charge in [-0.2, -0.15) is 0 Å². The second kappa shape index (κ2) is 8.02. The summed E-state index contributed by atoms with van der Waals surface area (Å²) in [5.41, 5.74) is 0.779. The average Bonchev–Trinajstić information content (AvgIpc) is 2.48. The Kier molecular flexibility index (Phi) is 6.34. The molecule has 0 aromatic heterocycles. The fraction of sp³-hybridized carbons (Fsp3) is 0.562. The monoisotopic (exact) mass is 329 g/mol. The highest BCUT2D eigenvalue weighted by molar-refractivity contribution is 6.35. The summed E-state index contributed by atoms with van der Waals surface area (Å²) >= 11 is 11.9. The second-order valence-electron chi connectivity index (χ2n) is 5.70. The van der Waals surface area contributed by atoms with Gasteiger partial charge in [-0.1, -0.05) is 42.1 Å². The van der Waals surface area contributed by atoms with E-state index >= 15 is 0 Å². The van der Waals surface area contributed by atoms with Gasteiger partial charge in [-0.3, -0.25) is 4.79 Å². The molecule has 1 aliphatic carbocycles. The number of benzene rings is 1. The summed E-state index contributed by atoms with van der Waals surface area (Å²) in [6.45, 7) is 0.846. The van der Waals surface area contributed by atoms with E-state index < -0.39 is 0 Å². The van der Waals surface area contributed by atoms with Crippen LogP contribution in [0.25, 0.3) is 0 Å². The topological polar surface area (TPSA) is 49.3 Å². The van der Waals surface area contributed by atoms with Crippen molar-refractivity contribution in [3.63, 3.8) is 0 Å². The van der Waals surface area contributed by atoms with Crippen molar-refractivity contribution in [3.8, 4) is 0 Å². The number of halogens is 2. The Hall–Kier alpha value is -0.770. The minimum Gasteiger partial charge on any atom is -0.396 e. The maximum Gasteiger partial charge on any atom is 0.224 e. The lowest BCUT2D eigenvalue weighted by Crippen LogP contribution is -2.36. The highest BCUT2D eigenvalue weighted by atomic mass is 35.5. The third-order valence-electron chi connectivity index (χ3n) is 4.23. The third kappa shape index (κ3) is 4.87. The molecule has 1 aliphatic rings. The van der Waals surface area contributed by atoms with E-state index in [1.165, 1.54) is 12.8 Å². The molecule has 1 aromatic rings. The van der Waals surface area contributed by atoms with E-state index in [1.54, 1.807) is 18.2 Å². The van der Waals surface area contributed by atoms with Crippen LogP contribution in [0.15, 0.2) is 18.2 Å². The molecule has 2 rings (SSSR count). The van der Waals surface area contributed by atoms with Crippen LogP contribution in [0.1, 0.15) is 31.2 Å². The Bertz CT molecular complexity index is 493. The fourth-order valence-corrected chi connectivity index (χ4v) is 3.41. The number of hydrogen-bond donors (Lipinski definition) is 2. The number of carbonyl (C=O) groups excluding carboxylic acids is 1. The lowest BCUT2D eigenvalue weighted by molar-refractivity contribution is -0.120. The van der Waals surface area contributed by atoms with Crippen LogP contribution in [0.3, 0.4) is 0 Å². The number of nitrogens with one attached hydrogen (secondary N) is 1. The minimum atomic E-state index is -0.0403. The molecule has 0 saturated heterocycles. The first-order valence-electron chi connectivity index (χ1n) is 7.41. The van der Waals surface area contributed by atoms with Crippen molar-refractivity contribution in [2.24, 2.45) is 11.8 Å². The molecule has 0 radical (unpaired) electrons. The Labute approximate surface area is 135 Å². The highest BCUT2D eigenvalue weighted by Crippen LogP contribution is 2.29. The van der Waals surface area contributed by atoms with Gasteiger partial charge in [0.25, 0.3) is 0 Å². The van der Waals surface area contributed by atoms with E-state index in [0.29, 0.717) is 28.4 Å². The molecule has 2 N–H and O–H groups in total. The maximum absolute atomic E-state index is 12.0. The second-order valence-corrected chi connectivity index (χ2v) is 6.55. The predicted octanol–water partition coefficient (Wildman–Crippen LogP) is 3.45. The van der Waals surface area contributed by atoms with Gasteiger partial charge >= 0.3 is 0 Å². The summed E-state index contributed by atoms with van der Waals surface area (Å²) in [5, 5.41) is 13.4. The Balaban J connectivity index is 1.84. The average molecular weight is 330 g/mol. The molecule has 0 bridgehead atoms. The van der Waals surface area contributed by atoms with Gasteiger partial charge in [-0.05, 0) is 42.4 Å². The molecular formula is C16H21Cl2NO2. The quantitative estimate of drug-likeness (QED) is 0.869. The van der Waals surface area contributed by atoms with Gasteiger partial charge in [0.05, 0.1) is 6.42 Å². The van der Waals surface area contributed by atoms with Crippen LogP contribution >= 0.6 is 23.2 Å². The van der Waals surface area contributed by atoms with Crippen LogP contribution in [0, 0.1) is 11.8 Å². The van der Waals surface area contributed by atoms with E-state index in [4.69, 9.17) is 23.2 Å². The van der Waals surface area contributed by atoms with Crippen molar-refractivity contribution in [1.82, 2.24) is 5.32 Å². The summed E-state index contributed by atoms with van der Waals surface area (Å²) in [6.07, 6.45) is 4.75. The number of aliphatic hydroxyl groups excluding tert-OH is 1. The van der Waals surface area contributed by atoms with Gasteiger partial charge in [-0.15, -0.1) is 0 Å². The summed E-state index contributed by atoms with van der Waals surface area (Å²) < 4.78 is 0. The molecule has 5 heteroatoms. The standard InChI is InChI=1S/C16H21Cl2NO2/c17-14-6-5-11(15(18)8-14)7-16(21)19-9-12-3-1-2-4-13(12)10-20/h5-6,8,12-13,20H,1-4,7,9-10H2,(H,19,21). The lowest BCUT2D eigenvalue weighted by Gasteiger charge is -2.30. The predicted molar refractivity (Wildman–Crippen MR) is 85.7 cm³/mol.